The average Bonchev–Trinajstić information content (AvgIpc) is 3.54. The number of methoxy groups -OCH3 is 2. The molecule has 10 heteroatoms. The average molecular weight is 578 g/mol. The van der Waals surface area contributed by atoms with E-state index in [4.69, 9.17) is 13.9 Å². The molecule has 0 spiro atoms. The Balaban J connectivity index is 1.76. The smallest absolute Gasteiger partial charge is 0.249 e. The fraction of sp³-hybridized carbons (Fsp3) is 0.406. The third-order valence-electron chi connectivity index (χ3n) is 8.23. The molecule has 0 bridgehead atoms. The number of ketones is 1. The fourth-order valence-corrected chi connectivity index (χ4v) is 6.37. The molecule has 0 radical (unpaired) electrons. The summed E-state index contributed by atoms with van der Waals surface area (Å²) in [5.41, 5.74) is 1.64. The van der Waals surface area contributed by atoms with Crippen LogP contribution in [0.5, 0.6) is 5.75 Å². The molecule has 2 aliphatic heterocycles. The number of carbonyl (C=O) groups is 3. The van der Waals surface area contributed by atoms with Crippen molar-refractivity contribution in [1.82, 2.24) is 15.1 Å². The lowest BCUT2D eigenvalue weighted by atomic mass is 9.76. The van der Waals surface area contributed by atoms with E-state index in [1.54, 1.807) is 56.2 Å². The fourth-order valence-electron chi connectivity index (χ4n) is 6.37. The van der Waals surface area contributed by atoms with Gasteiger partial charge in [0.25, 0.3) is 0 Å². The van der Waals surface area contributed by atoms with Crippen LogP contribution in [-0.4, -0.2) is 80.4 Å². The molecule has 3 heterocycles. The van der Waals surface area contributed by atoms with E-state index in [0.29, 0.717) is 60.1 Å². The molecule has 2 fully saturated rings. The number of furan rings is 1. The number of hydrogen-bond acceptors (Lipinski definition) is 7. The molecule has 4 atom stereocenters. The number of rotatable bonds is 8. The van der Waals surface area contributed by atoms with Crippen LogP contribution < -0.4 is 10.1 Å². The second-order valence-electron chi connectivity index (χ2n) is 10.8. The number of Topliss-reactive ketones (excluding diaryl/α,β-unsaturated/α-hetero) is 1. The lowest BCUT2D eigenvalue weighted by Gasteiger charge is -2.36. The number of hydrogen-bond donors (Lipinski definition) is 1. The summed E-state index contributed by atoms with van der Waals surface area (Å²) in [6.07, 6.45) is 0. The van der Waals surface area contributed by atoms with Crippen molar-refractivity contribution in [2.45, 2.75) is 31.8 Å². The van der Waals surface area contributed by atoms with Crippen molar-refractivity contribution in [3.8, 4) is 5.75 Å². The van der Waals surface area contributed by atoms with Gasteiger partial charge in [0.1, 0.15) is 35.7 Å². The van der Waals surface area contributed by atoms with E-state index in [1.807, 2.05) is 12.1 Å². The molecule has 0 saturated carbocycles. The van der Waals surface area contributed by atoms with Gasteiger partial charge in [-0.1, -0.05) is 24.3 Å². The maximum Gasteiger partial charge on any atom is 0.249 e. The molecule has 1 N–H and O–H groups in total. The molecule has 42 heavy (non-hydrogen) atoms. The standard InChI is InChI=1S/C32H36FN3O6/c1-19-17-25(20(2)42-19)31(38)28-27(21-7-11-24(41-4)12-8-21)30(32(39)35-15-13-34-14-16-35)36(26(37)18-40-3)29(28)22-5-9-23(33)10-6-22/h5-12,17,27-30,34H,13-16,18H2,1-4H3. The van der Waals surface area contributed by atoms with Crippen LogP contribution in [0, 0.1) is 25.6 Å². The number of aryl methyl sites for hydroxylation is 2. The van der Waals surface area contributed by atoms with Crippen molar-refractivity contribution in [3.63, 3.8) is 0 Å². The Labute approximate surface area is 244 Å². The van der Waals surface area contributed by atoms with Gasteiger partial charge in [-0.3, -0.25) is 14.4 Å². The zero-order valence-electron chi connectivity index (χ0n) is 24.3. The number of carbonyl (C=O) groups excluding carboxylic acids is 3. The molecule has 2 amide bonds. The Hall–Kier alpha value is -4.02. The van der Waals surface area contributed by atoms with Gasteiger partial charge in [0.15, 0.2) is 5.78 Å². The summed E-state index contributed by atoms with van der Waals surface area (Å²) in [7, 11) is 2.97. The van der Waals surface area contributed by atoms with Crippen LogP contribution in [-0.2, 0) is 14.3 Å². The van der Waals surface area contributed by atoms with Crippen LogP contribution >= 0.6 is 0 Å². The van der Waals surface area contributed by atoms with E-state index >= 15 is 0 Å². The number of nitrogens with zero attached hydrogens (tertiary/aromatic N) is 2. The highest BCUT2D eigenvalue weighted by atomic mass is 19.1. The predicted molar refractivity (Wildman–Crippen MR) is 153 cm³/mol. The summed E-state index contributed by atoms with van der Waals surface area (Å²) in [4.78, 5) is 46.3. The van der Waals surface area contributed by atoms with Crippen LogP contribution in [0.25, 0.3) is 0 Å². The van der Waals surface area contributed by atoms with Gasteiger partial charge in [0.05, 0.1) is 24.6 Å². The molecule has 9 nitrogen and oxygen atoms in total. The minimum absolute atomic E-state index is 0.246. The van der Waals surface area contributed by atoms with Gasteiger partial charge in [-0.2, -0.15) is 0 Å². The molecule has 1 aromatic heterocycles. The quantitative estimate of drug-likeness (QED) is 0.408. The number of piperazine rings is 1. The van der Waals surface area contributed by atoms with E-state index in [0.717, 1.165) is 0 Å². The zero-order chi connectivity index (χ0) is 30.0. The van der Waals surface area contributed by atoms with Crippen LogP contribution in [0.4, 0.5) is 4.39 Å². The van der Waals surface area contributed by atoms with Gasteiger partial charge in [-0.25, -0.2) is 4.39 Å². The van der Waals surface area contributed by atoms with Gasteiger partial charge >= 0.3 is 0 Å². The molecular formula is C32H36FN3O6. The highest BCUT2D eigenvalue weighted by molar-refractivity contribution is 6.02. The number of halogens is 1. The highest BCUT2D eigenvalue weighted by Gasteiger charge is 2.58. The normalized spacial score (nSPS) is 22.3. The molecule has 0 aliphatic carbocycles. The van der Waals surface area contributed by atoms with Crippen molar-refractivity contribution >= 4 is 17.6 Å². The number of benzene rings is 2. The van der Waals surface area contributed by atoms with Crippen molar-refractivity contribution in [2.75, 3.05) is 47.0 Å². The number of amides is 2. The van der Waals surface area contributed by atoms with E-state index in [1.165, 1.54) is 24.1 Å². The van der Waals surface area contributed by atoms with Crippen molar-refractivity contribution in [1.29, 1.82) is 0 Å². The maximum absolute atomic E-state index is 14.6. The molecular weight excluding hydrogens is 541 g/mol. The first kappa shape index (κ1) is 29.5. The SMILES string of the molecule is COCC(=O)N1C(C(=O)N2CCNCC2)C(c2ccc(OC)cc2)C(C(=O)c2cc(C)oc2C)C1c1ccc(F)cc1. The largest absolute Gasteiger partial charge is 0.497 e. The van der Waals surface area contributed by atoms with E-state index in [-0.39, 0.29) is 18.3 Å². The Morgan fingerprint density at radius 2 is 1.62 bits per heavy atom. The minimum Gasteiger partial charge on any atom is -0.497 e. The van der Waals surface area contributed by atoms with Crippen molar-refractivity contribution < 1.29 is 32.7 Å². The molecule has 5 rings (SSSR count). The predicted octanol–water partition coefficient (Wildman–Crippen LogP) is 3.66. The van der Waals surface area contributed by atoms with Gasteiger partial charge in [-0.15, -0.1) is 0 Å². The first-order chi connectivity index (χ1) is 20.2. The van der Waals surface area contributed by atoms with Crippen molar-refractivity contribution in [3.05, 3.63) is 88.6 Å². The third-order valence-corrected chi connectivity index (χ3v) is 8.23. The van der Waals surface area contributed by atoms with Crippen LogP contribution in [0.2, 0.25) is 0 Å². The van der Waals surface area contributed by atoms with E-state index in [2.05, 4.69) is 5.32 Å². The Morgan fingerprint density at radius 1 is 0.976 bits per heavy atom. The summed E-state index contributed by atoms with van der Waals surface area (Å²) in [5.74, 6) is -1.36. The molecule has 4 unspecified atom stereocenters. The van der Waals surface area contributed by atoms with E-state index < -0.39 is 35.6 Å². The summed E-state index contributed by atoms with van der Waals surface area (Å²) >= 11 is 0. The molecule has 2 aromatic carbocycles. The Bertz CT molecular complexity index is 1430. The topological polar surface area (TPSA) is 101 Å². The van der Waals surface area contributed by atoms with Crippen LogP contribution in [0.1, 0.15) is 45.0 Å². The Morgan fingerprint density at radius 3 is 2.19 bits per heavy atom. The second kappa shape index (κ2) is 12.5. The van der Waals surface area contributed by atoms with Gasteiger partial charge in [0.2, 0.25) is 11.8 Å². The molecule has 3 aromatic rings. The van der Waals surface area contributed by atoms with Crippen LogP contribution in [0.3, 0.4) is 0 Å². The molecule has 222 valence electrons. The lowest BCUT2D eigenvalue weighted by Crippen LogP contribution is -2.55. The first-order valence-electron chi connectivity index (χ1n) is 14.1. The van der Waals surface area contributed by atoms with Gasteiger partial charge < -0.3 is 29.0 Å². The summed E-state index contributed by atoms with van der Waals surface area (Å²) < 4.78 is 30.5. The lowest BCUT2D eigenvalue weighted by molar-refractivity contribution is -0.148. The summed E-state index contributed by atoms with van der Waals surface area (Å²) in [6, 6.07) is 12.8. The van der Waals surface area contributed by atoms with Gasteiger partial charge in [-0.05, 0) is 55.3 Å². The highest BCUT2D eigenvalue weighted by Crippen LogP contribution is 2.52. The second-order valence-corrected chi connectivity index (χ2v) is 10.8. The molecule has 2 saturated heterocycles. The van der Waals surface area contributed by atoms with Crippen LogP contribution in [0.15, 0.2) is 59.0 Å². The summed E-state index contributed by atoms with van der Waals surface area (Å²) in [6.45, 7) is 5.38. The number of nitrogens with one attached hydrogen (secondary N) is 1. The summed E-state index contributed by atoms with van der Waals surface area (Å²) in [5, 5.41) is 3.26. The number of likely N-dealkylation sites (tertiary alicyclic amines) is 1. The third kappa shape index (κ3) is 5.56. The maximum atomic E-state index is 14.6. The van der Waals surface area contributed by atoms with E-state index in [9.17, 15) is 18.8 Å². The number of ether oxygens (including phenoxy) is 2. The molecule has 2 aliphatic rings. The first-order valence-corrected chi connectivity index (χ1v) is 14.1. The van der Waals surface area contributed by atoms with Crippen molar-refractivity contribution in [2.24, 2.45) is 5.92 Å². The minimum atomic E-state index is -1.02. The van der Waals surface area contributed by atoms with Gasteiger partial charge in [0, 0.05) is 39.2 Å². The zero-order valence-corrected chi connectivity index (χ0v) is 24.3. The Kier molecular flexibility index (Phi) is 8.74. The monoisotopic (exact) mass is 577 g/mol.